The molecule has 1 atom stereocenters. The number of carbonyl (C=O) groups excluding carboxylic acids is 1. The first-order valence-electron chi connectivity index (χ1n) is 12.6. The van der Waals surface area contributed by atoms with Gasteiger partial charge >= 0.3 is 0 Å². The maximum absolute atomic E-state index is 12.4. The Balaban J connectivity index is 1.19. The predicted octanol–water partition coefficient (Wildman–Crippen LogP) is 2.45. The van der Waals surface area contributed by atoms with Crippen LogP contribution in [0.25, 0.3) is 22.8 Å². The molecule has 12 heteroatoms. The molecule has 0 radical (unpaired) electrons. The largest absolute Gasteiger partial charge is 0.373 e. The fourth-order valence-corrected chi connectivity index (χ4v) is 4.95. The summed E-state index contributed by atoms with van der Waals surface area (Å²) in [5.41, 5.74) is 1.32. The standard InChI is InChI=1S/C26H29N9O3/c1-33-11-7-18(8-12-33)35-16-17(15-28-35)29-25-27-10-6-21(31-25)19-4-3-5-20(30-19)22-14-23(38-32-22)26(37)9-13-34(2)24(26)36/h3-6,10,14-16,18,37H,7-9,11-13H2,1-2H3,(H,27,29,31)/t26-/m1/s1. The molecule has 12 nitrogen and oxygen atoms in total. The molecule has 1 amide bonds. The number of nitrogens with one attached hydrogen (secondary N) is 1. The molecule has 4 aromatic rings. The van der Waals surface area contributed by atoms with E-state index in [1.54, 1.807) is 37.6 Å². The van der Waals surface area contributed by atoms with Crippen molar-refractivity contribution in [3.05, 3.63) is 54.7 Å². The highest BCUT2D eigenvalue weighted by atomic mass is 16.5. The summed E-state index contributed by atoms with van der Waals surface area (Å²) < 4.78 is 7.39. The first-order chi connectivity index (χ1) is 18.4. The summed E-state index contributed by atoms with van der Waals surface area (Å²) >= 11 is 0. The van der Waals surface area contributed by atoms with Gasteiger partial charge < -0.3 is 24.7 Å². The van der Waals surface area contributed by atoms with Crippen LogP contribution in [0.2, 0.25) is 0 Å². The molecule has 6 rings (SSSR count). The van der Waals surface area contributed by atoms with Crippen LogP contribution in [-0.2, 0) is 10.4 Å². The number of hydrogen-bond acceptors (Lipinski definition) is 10. The van der Waals surface area contributed by atoms with Crippen LogP contribution < -0.4 is 5.32 Å². The minimum atomic E-state index is -1.70. The highest BCUT2D eigenvalue weighted by Gasteiger charge is 2.48. The van der Waals surface area contributed by atoms with Gasteiger partial charge in [0.1, 0.15) is 5.69 Å². The lowest BCUT2D eigenvalue weighted by Crippen LogP contribution is -2.35. The van der Waals surface area contributed by atoms with Crippen molar-refractivity contribution < 1.29 is 14.4 Å². The van der Waals surface area contributed by atoms with E-state index in [-0.39, 0.29) is 12.2 Å². The number of likely N-dealkylation sites (tertiary alicyclic amines) is 2. The number of hydrogen-bond donors (Lipinski definition) is 2. The lowest BCUT2D eigenvalue weighted by Gasteiger charge is -2.28. The topological polar surface area (TPSA) is 138 Å². The van der Waals surface area contributed by atoms with Gasteiger partial charge in [0, 0.05) is 38.5 Å². The number of carbonyl (C=O) groups is 1. The van der Waals surface area contributed by atoms with Gasteiger partial charge in [0.25, 0.3) is 5.91 Å². The fraction of sp³-hybridized carbons (Fsp3) is 0.385. The summed E-state index contributed by atoms with van der Waals surface area (Å²) in [6, 6.07) is 9.22. The van der Waals surface area contributed by atoms with Gasteiger partial charge in [-0.25, -0.2) is 15.0 Å². The monoisotopic (exact) mass is 515 g/mol. The van der Waals surface area contributed by atoms with Crippen LogP contribution in [0.1, 0.15) is 31.1 Å². The molecule has 0 aliphatic carbocycles. The maximum atomic E-state index is 12.4. The third-order valence-electron chi connectivity index (χ3n) is 7.28. The molecule has 2 aliphatic heterocycles. The van der Waals surface area contributed by atoms with Gasteiger partial charge in [0.15, 0.2) is 5.76 Å². The van der Waals surface area contributed by atoms with E-state index in [2.05, 4.69) is 37.5 Å². The van der Waals surface area contributed by atoms with Gasteiger partial charge in [0.05, 0.1) is 35.0 Å². The van der Waals surface area contributed by atoms with E-state index in [1.807, 2.05) is 23.0 Å². The predicted molar refractivity (Wildman–Crippen MR) is 138 cm³/mol. The zero-order chi connectivity index (χ0) is 26.3. The quantitative estimate of drug-likeness (QED) is 0.394. The van der Waals surface area contributed by atoms with Crippen LogP contribution in [-0.4, -0.2) is 84.4 Å². The second-order valence-electron chi connectivity index (χ2n) is 9.96. The fourth-order valence-electron chi connectivity index (χ4n) is 4.95. The number of pyridine rings is 1. The highest BCUT2D eigenvalue weighted by molar-refractivity contribution is 5.87. The summed E-state index contributed by atoms with van der Waals surface area (Å²) in [5.74, 6) is 0.149. The van der Waals surface area contributed by atoms with Crippen molar-refractivity contribution in [3.63, 3.8) is 0 Å². The molecule has 0 unspecified atom stereocenters. The van der Waals surface area contributed by atoms with Gasteiger partial charge in [-0.3, -0.25) is 9.48 Å². The molecule has 2 aliphatic rings. The highest BCUT2D eigenvalue weighted by Crippen LogP contribution is 2.34. The minimum Gasteiger partial charge on any atom is -0.373 e. The zero-order valence-corrected chi connectivity index (χ0v) is 21.3. The third-order valence-corrected chi connectivity index (χ3v) is 7.28. The maximum Gasteiger partial charge on any atom is 0.262 e. The van der Waals surface area contributed by atoms with Crippen molar-refractivity contribution in [2.24, 2.45) is 0 Å². The molecular formula is C26H29N9O3. The van der Waals surface area contributed by atoms with Crippen molar-refractivity contribution in [1.82, 2.24) is 39.7 Å². The summed E-state index contributed by atoms with van der Waals surface area (Å²) in [6.45, 7) is 2.58. The molecule has 0 spiro atoms. The van der Waals surface area contributed by atoms with Crippen LogP contribution in [0.4, 0.5) is 11.6 Å². The van der Waals surface area contributed by atoms with E-state index in [0.29, 0.717) is 41.3 Å². The van der Waals surface area contributed by atoms with E-state index in [4.69, 9.17) is 9.51 Å². The molecular weight excluding hydrogens is 486 g/mol. The minimum absolute atomic E-state index is 0.114. The van der Waals surface area contributed by atoms with Crippen LogP contribution in [0.3, 0.4) is 0 Å². The van der Waals surface area contributed by atoms with E-state index < -0.39 is 11.5 Å². The number of aromatic nitrogens is 6. The first-order valence-corrected chi connectivity index (χ1v) is 12.6. The van der Waals surface area contributed by atoms with E-state index in [9.17, 15) is 9.90 Å². The Labute approximate surface area is 219 Å². The molecule has 0 bridgehead atoms. The van der Waals surface area contributed by atoms with Crippen LogP contribution >= 0.6 is 0 Å². The van der Waals surface area contributed by atoms with Crippen molar-refractivity contribution in [2.75, 3.05) is 39.0 Å². The number of amides is 1. The Bertz CT molecular complexity index is 1460. The second kappa shape index (κ2) is 9.62. The summed E-state index contributed by atoms with van der Waals surface area (Å²) in [5, 5.41) is 22.7. The third kappa shape index (κ3) is 4.52. The molecule has 4 aromatic heterocycles. The molecule has 0 saturated carbocycles. The number of likely N-dealkylation sites (N-methyl/N-ethyl adjacent to an activating group) is 1. The normalized spacial score (nSPS) is 20.8. The smallest absolute Gasteiger partial charge is 0.262 e. The number of nitrogens with zero attached hydrogens (tertiary/aromatic N) is 8. The van der Waals surface area contributed by atoms with Crippen molar-refractivity contribution in [2.45, 2.75) is 30.9 Å². The van der Waals surface area contributed by atoms with Crippen LogP contribution in [0.15, 0.2) is 53.4 Å². The second-order valence-corrected chi connectivity index (χ2v) is 9.96. The molecule has 6 heterocycles. The van der Waals surface area contributed by atoms with E-state index in [1.165, 1.54) is 4.90 Å². The van der Waals surface area contributed by atoms with Crippen molar-refractivity contribution in [3.8, 4) is 22.8 Å². The Morgan fingerprint density at radius 2 is 1.82 bits per heavy atom. The Hall–Kier alpha value is -4.16. The molecule has 2 fully saturated rings. The zero-order valence-electron chi connectivity index (χ0n) is 21.3. The molecule has 2 saturated heterocycles. The summed E-state index contributed by atoms with van der Waals surface area (Å²) in [7, 11) is 3.79. The van der Waals surface area contributed by atoms with Gasteiger partial charge in [-0.15, -0.1) is 0 Å². The van der Waals surface area contributed by atoms with E-state index >= 15 is 0 Å². The molecule has 2 N–H and O–H groups in total. The summed E-state index contributed by atoms with van der Waals surface area (Å²) in [4.78, 5) is 29.9. The van der Waals surface area contributed by atoms with Gasteiger partial charge in [-0.05, 0) is 51.2 Å². The van der Waals surface area contributed by atoms with Crippen molar-refractivity contribution in [1.29, 1.82) is 0 Å². The number of anilines is 2. The van der Waals surface area contributed by atoms with Crippen LogP contribution in [0.5, 0.6) is 0 Å². The Morgan fingerprint density at radius 3 is 2.58 bits per heavy atom. The first kappa shape index (κ1) is 24.2. The average Bonchev–Trinajstić information content (AvgIpc) is 3.68. The van der Waals surface area contributed by atoms with Gasteiger partial charge in [0.2, 0.25) is 11.5 Å². The number of rotatable bonds is 6. The van der Waals surface area contributed by atoms with E-state index in [0.717, 1.165) is 31.6 Å². The van der Waals surface area contributed by atoms with Crippen molar-refractivity contribution >= 4 is 17.5 Å². The lowest BCUT2D eigenvalue weighted by atomic mass is 9.98. The molecule has 38 heavy (non-hydrogen) atoms. The van der Waals surface area contributed by atoms with Crippen LogP contribution in [0, 0.1) is 0 Å². The van der Waals surface area contributed by atoms with Gasteiger partial charge in [-0.2, -0.15) is 5.10 Å². The lowest BCUT2D eigenvalue weighted by molar-refractivity contribution is -0.144. The number of aliphatic hydroxyl groups is 1. The Kier molecular flexibility index (Phi) is 6.12. The number of piperidine rings is 1. The van der Waals surface area contributed by atoms with Gasteiger partial charge in [-0.1, -0.05) is 11.2 Å². The Morgan fingerprint density at radius 1 is 1.05 bits per heavy atom. The molecule has 196 valence electrons. The SMILES string of the molecule is CN1CCC(n2cc(Nc3nccc(-c4cccc(-c5cc([C@]6(O)CCN(C)C6=O)on5)n4)n3)cn2)CC1. The molecule has 0 aromatic carbocycles. The summed E-state index contributed by atoms with van der Waals surface area (Å²) in [6.07, 6.45) is 7.85. The average molecular weight is 516 g/mol.